The molecule has 0 atom stereocenters. The molecule has 0 amide bonds. The van der Waals surface area contributed by atoms with Crippen LogP contribution in [0, 0.1) is 6.92 Å². The summed E-state index contributed by atoms with van der Waals surface area (Å²) in [7, 11) is 4.84. The van der Waals surface area contributed by atoms with Crippen LogP contribution in [0.4, 0.5) is 5.69 Å². The van der Waals surface area contributed by atoms with Crippen LogP contribution in [-0.4, -0.2) is 43.5 Å². The Morgan fingerprint density at radius 3 is 1.89 bits per heavy atom. The van der Waals surface area contributed by atoms with Crippen LogP contribution >= 0.6 is 0 Å². The van der Waals surface area contributed by atoms with Crippen LogP contribution in [0.3, 0.4) is 0 Å². The molecule has 0 saturated heterocycles. The molecule has 0 aromatic heterocycles. The van der Waals surface area contributed by atoms with Crippen molar-refractivity contribution in [2.24, 2.45) is 0 Å². The quantitative estimate of drug-likeness (QED) is 0.659. The molecule has 0 bridgehead atoms. The number of methoxy groups -OCH3 is 3. The molecule has 0 radical (unpaired) electrons. The van der Waals surface area contributed by atoms with Crippen LogP contribution in [0.2, 0.25) is 0 Å². The Balaban J connectivity index is 0.000000527. The number of rotatable bonds is 6. The van der Waals surface area contributed by atoms with Gasteiger partial charge in [-0.2, -0.15) is 0 Å². The topological polar surface area (TPSA) is 114 Å². The maximum atomic E-state index is 9.10. The molecule has 146 valence electrons. The molecule has 0 heterocycles. The van der Waals surface area contributed by atoms with Gasteiger partial charge in [-0.15, -0.1) is 0 Å². The van der Waals surface area contributed by atoms with E-state index in [2.05, 4.69) is 24.4 Å². The van der Waals surface area contributed by atoms with Crippen molar-refractivity contribution in [3.63, 3.8) is 0 Å². The van der Waals surface area contributed by atoms with Crippen LogP contribution in [-0.2, 0) is 16.1 Å². The monoisotopic (exact) mass is 377 g/mol. The predicted octanol–water partition coefficient (Wildman–Crippen LogP) is 2.79. The van der Waals surface area contributed by atoms with Crippen molar-refractivity contribution in [2.45, 2.75) is 13.5 Å². The highest BCUT2D eigenvalue weighted by Gasteiger charge is 2.12. The molecule has 0 aliphatic carbocycles. The van der Waals surface area contributed by atoms with Gasteiger partial charge in [0.05, 0.1) is 21.3 Å². The molecule has 8 nitrogen and oxygen atoms in total. The van der Waals surface area contributed by atoms with E-state index < -0.39 is 11.9 Å². The summed E-state index contributed by atoms with van der Waals surface area (Å²) in [5.74, 6) is -1.71. The van der Waals surface area contributed by atoms with E-state index in [0.29, 0.717) is 23.8 Å². The first-order valence-electron chi connectivity index (χ1n) is 7.88. The summed E-state index contributed by atoms with van der Waals surface area (Å²) < 4.78 is 16.0. The third-order valence-corrected chi connectivity index (χ3v) is 3.42. The number of benzene rings is 2. The molecular formula is C19H23NO7. The summed E-state index contributed by atoms with van der Waals surface area (Å²) in [6.07, 6.45) is 0. The summed E-state index contributed by atoms with van der Waals surface area (Å²) in [6, 6.07) is 12.2. The summed E-state index contributed by atoms with van der Waals surface area (Å²) in [5.41, 5.74) is 3.37. The van der Waals surface area contributed by atoms with Crippen LogP contribution in [0.15, 0.2) is 36.4 Å². The standard InChI is InChI=1S/C17H21NO3.C2H2O4/c1-12-6-5-7-14(8-12)18-11-13-9-15(19-2)17(21-4)16(10-13)20-3;3-1(4)2(5)6/h5-10,18H,11H2,1-4H3;(H,3,4)(H,5,6). The second-order valence-electron chi connectivity index (χ2n) is 5.37. The Bertz CT molecular complexity index is 752. The van der Waals surface area contributed by atoms with E-state index in [0.717, 1.165) is 11.3 Å². The van der Waals surface area contributed by atoms with Crippen LogP contribution < -0.4 is 19.5 Å². The molecule has 8 heteroatoms. The van der Waals surface area contributed by atoms with E-state index in [-0.39, 0.29) is 0 Å². The first-order chi connectivity index (χ1) is 12.8. The van der Waals surface area contributed by atoms with E-state index in [1.165, 1.54) is 5.56 Å². The number of hydrogen-bond donors (Lipinski definition) is 3. The van der Waals surface area contributed by atoms with E-state index in [1.54, 1.807) is 21.3 Å². The minimum absolute atomic E-state index is 0.610. The maximum Gasteiger partial charge on any atom is 0.414 e. The predicted molar refractivity (Wildman–Crippen MR) is 99.9 cm³/mol. The Kier molecular flexibility index (Phi) is 8.44. The van der Waals surface area contributed by atoms with Gasteiger partial charge in [0.2, 0.25) is 5.75 Å². The van der Waals surface area contributed by atoms with Gasteiger partial charge in [-0.05, 0) is 42.3 Å². The average Bonchev–Trinajstić information content (AvgIpc) is 2.65. The Labute approximate surface area is 157 Å². The fourth-order valence-corrected chi connectivity index (χ4v) is 2.20. The Morgan fingerprint density at radius 2 is 1.48 bits per heavy atom. The van der Waals surface area contributed by atoms with Crippen molar-refractivity contribution < 1.29 is 34.0 Å². The molecule has 0 fully saturated rings. The Morgan fingerprint density at radius 1 is 0.926 bits per heavy atom. The fraction of sp³-hybridized carbons (Fsp3) is 0.263. The second kappa shape index (κ2) is 10.5. The molecule has 0 aliphatic rings. The largest absolute Gasteiger partial charge is 0.493 e. The third-order valence-electron chi connectivity index (χ3n) is 3.42. The van der Waals surface area contributed by atoms with E-state index in [1.807, 2.05) is 24.3 Å². The van der Waals surface area contributed by atoms with Gasteiger partial charge >= 0.3 is 11.9 Å². The minimum atomic E-state index is -1.82. The van der Waals surface area contributed by atoms with Crippen molar-refractivity contribution >= 4 is 17.6 Å². The number of aryl methyl sites for hydroxylation is 1. The third kappa shape index (κ3) is 6.77. The number of carbonyl (C=O) groups is 2. The van der Waals surface area contributed by atoms with E-state index >= 15 is 0 Å². The number of anilines is 1. The van der Waals surface area contributed by atoms with Crippen molar-refractivity contribution in [1.82, 2.24) is 0 Å². The molecule has 3 N–H and O–H groups in total. The molecule has 2 rings (SSSR count). The van der Waals surface area contributed by atoms with E-state index in [9.17, 15) is 0 Å². The van der Waals surface area contributed by atoms with Gasteiger partial charge in [-0.1, -0.05) is 12.1 Å². The normalized spacial score (nSPS) is 9.48. The number of aliphatic carboxylic acids is 2. The van der Waals surface area contributed by atoms with Crippen molar-refractivity contribution in [3.05, 3.63) is 47.5 Å². The lowest BCUT2D eigenvalue weighted by Gasteiger charge is -2.15. The smallest absolute Gasteiger partial charge is 0.414 e. The van der Waals surface area contributed by atoms with Crippen LogP contribution in [0.5, 0.6) is 17.2 Å². The molecule has 2 aromatic carbocycles. The molecule has 0 saturated carbocycles. The molecular weight excluding hydrogens is 354 g/mol. The maximum absolute atomic E-state index is 9.10. The van der Waals surface area contributed by atoms with Gasteiger partial charge < -0.3 is 29.7 Å². The number of nitrogens with one attached hydrogen (secondary N) is 1. The van der Waals surface area contributed by atoms with E-state index in [4.69, 9.17) is 34.0 Å². The molecule has 2 aromatic rings. The lowest BCUT2D eigenvalue weighted by Crippen LogP contribution is -2.09. The minimum Gasteiger partial charge on any atom is -0.493 e. The highest BCUT2D eigenvalue weighted by molar-refractivity contribution is 6.27. The lowest BCUT2D eigenvalue weighted by molar-refractivity contribution is -0.159. The average molecular weight is 377 g/mol. The molecule has 0 unspecified atom stereocenters. The summed E-state index contributed by atoms with van der Waals surface area (Å²) in [6.45, 7) is 2.75. The van der Waals surface area contributed by atoms with Crippen molar-refractivity contribution in [1.29, 1.82) is 0 Å². The second-order valence-corrected chi connectivity index (χ2v) is 5.37. The van der Waals surface area contributed by atoms with Gasteiger partial charge in [0.15, 0.2) is 11.5 Å². The number of carboxylic acids is 2. The number of carboxylic acid groups (broad SMARTS) is 2. The first-order valence-corrected chi connectivity index (χ1v) is 7.88. The van der Waals surface area contributed by atoms with Gasteiger partial charge in [-0.25, -0.2) is 9.59 Å². The summed E-state index contributed by atoms with van der Waals surface area (Å²) >= 11 is 0. The Hall–Kier alpha value is -3.42. The van der Waals surface area contributed by atoms with Crippen molar-refractivity contribution in [2.75, 3.05) is 26.6 Å². The summed E-state index contributed by atoms with van der Waals surface area (Å²) in [4.78, 5) is 18.2. The summed E-state index contributed by atoms with van der Waals surface area (Å²) in [5, 5.41) is 18.2. The van der Waals surface area contributed by atoms with Gasteiger partial charge in [0, 0.05) is 12.2 Å². The van der Waals surface area contributed by atoms with Gasteiger partial charge in [0.1, 0.15) is 0 Å². The first kappa shape index (κ1) is 21.6. The zero-order valence-corrected chi connectivity index (χ0v) is 15.6. The fourth-order valence-electron chi connectivity index (χ4n) is 2.20. The zero-order chi connectivity index (χ0) is 20.4. The van der Waals surface area contributed by atoms with Crippen molar-refractivity contribution in [3.8, 4) is 17.2 Å². The molecule has 0 aliphatic heterocycles. The van der Waals surface area contributed by atoms with Gasteiger partial charge in [-0.3, -0.25) is 0 Å². The van der Waals surface area contributed by atoms with Crippen LogP contribution in [0.1, 0.15) is 11.1 Å². The molecule has 27 heavy (non-hydrogen) atoms. The van der Waals surface area contributed by atoms with Crippen LogP contribution in [0.25, 0.3) is 0 Å². The molecule has 0 spiro atoms. The SMILES string of the molecule is COc1cc(CNc2cccc(C)c2)cc(OC)c1OC.O=C(O)C(=O)O. The lowest BCUT2D eigenvalue weighted by atomic mass is 10.1. The zero-order valence-electron chi connectivity index (χ0n) is 15.6. The van der Waals surface area contributed by atoms with Gasteiger partial charge in [0.25, 0.3) is 0 Å². The number of hydrogen-bond acceptors (Lipinski definition) is 6. The highest BCUT2D eigenvalue weighted by atomic mass is 16.5. The highest BCUT2D eigenvalue weighted by Crippen LogP contribution is 2.38. The number of ether oxygens (including phenoxy) is 3.